The number of hydrogen-bond acceptors (Lipinski definition) is 4. The van der Waals surface area contributed by atoms with Gasteiger partial charge in [-0.05, 0) is 25.7 Å². The maximum atomic E-state index is 12.5. The first kappa shape index (κ1) is 23.9. The van der Waals surface area contributed by atoms with Gasteiger partial charge in [0.15, 0.2) is 0 Å². The van der Waals surface area contributed by atoms with E-state index in [1.54, 1.807) is 0 Å². The van der Waals surface area contributed by atoms with Crippen LogP contribution in [0.2, 0.25) is 0 Å². The van der Waals surface area contributed by atoms with Gasteiger partial charge in [-0.3, -0.25) is 14.9 Å². The molecule has 0 aromatic carbocycles. The van der Waals surface area contributed by atoms with Crippen LogP contribution in [0.4, 0.5) is 0 Å². The van der Waals surface area contributed by atoms with Gasteiger partial charge in [-0.2, -0.15) is 0 Å². The van der Waals surface area contributed by atoms with Gasteiger partial charge in [-0.15, -0.1) is 0 Å². The van der Waals surface area contributed by atoms with Crippen LogP contribution >= 0.6 is 0 Å². The van der Waals surface area contributed by atoms with E-state index in [2.05, 4.69) is 26.1 Å². The summed E-state index contributed by atoms with van der Waals surface area (Å²) in [5.74, 6) is -1.15. The first-order valence-corrected chi connectivity index (χ1v) is 10.1. The van der Waals surface area contributed by atoms with Crippen molar-refractivity contribution in [2.75, 3.05) is 6.61 Å². The number of rotatable bonds is 16. The van der Waals surface area contributed by atoms with Crippen molar-refractivity contribution in [3.63, 3.8) is 0 Å². The Bertz CT molecular complexity index is 363. The van der Waals surface area contributed by atoms with Crippen LogP contribution in [0.3, 0.4) is 0 Å². The number of carboxylic acid groups (broad SMARTS) is 1. The van der Waals surface area contributed by atoms with Crippen LogP contribution in [0, 0.1) is 0 Å². The summed E-state index contributed by atoms with van der Waals surface area (Å²) < 4.78 is 5.38. The van der Waals surface area contributed by atoms with Crippen LogP contribution in [-0.2, 0) is 14.3 Å². The monoisotopic (exact) mass is 357 g/mol. The molecule has 25 heavy (non-hydrogen) atoms. The molecule has 0 bridgehead atoms. The summed E-state index contributed by atoms with van der Waals surface area (Å²) in [7, 11) is 0. The number of carbonyl (C=O) groups is 2. The molecule has 0 saturated carbocycles. The summed E-state index contributed by atoms with van der Waals surface area (Å²) >= 11 is 0. The Balaban J connectivity index is 5.23. The van der Waals surface area contributed by atoms with Crippen LogP contribution in [0.1, 0.15) is 98.3 Å². The summed E-state index contributed by atoms with van der Waals surface area (Å²) in [5, 5.41) is 13.2. The number of esters is 1. The van der Waals surface area contributed by atoms with Gasteiger partial charge in [0, 0.05) is 0 Å². The smallest absolute Gasteiger partial charge is 0.323 e. The molecular formula is C20H39NO4. The van der Waals surface area contributed by atoms with Crippen molar-refractivity contribution < 1.29 is 19.4 Å². The third kappa shape index (κ3) is 9.24. The standard InChI is InChI=1S/C20H39NO4/c1-5-9-13-17(18(22)25-16-12-8-4)21-20(19(23)24,14-10-6-2)15-11-7-3/h17,21H,5-16H2,1-4H3,(H,23,24). The normalized spacial score (nSPS) is 12.8. The Morgan fingerprint density at radius 2 is 1.44 bits per heavy atom. The maximum absolute atomic E-state index is 12.5. The van der Waals surface area contributed by atoms with E-state index < -0.39 is 17.6 Å². The first-order valence-electron chi connectivity index (χ1n) is 10.1. The number of unbranched alkanes of at least 4 members (excludes halogenated alkanes) is 4. The van der Waals surface area contributed by atoms with Crippen molar-refractivity contribution in [2.24, 2.45) is 0 Å². The minimum absolute atomic E-state index is 0.305. The van der Waals surface area contributed by atoms with Gasteiger partial charge in [0.1, 0.15) is 11.6 Å². The van der Waals surface area contributed by atoms with E-state index in [1.165, 1.54) is 0 Å². The Kier molecular flexibility index (Phi) is 13.5. The molecule has 0 amide bonds. The molecule has 0 radical (unpaired) electrons. The minimum Gasteiger partial charge on any atom is -0.480 e. The van der Waals surface area contributed by atoms with Gasteiger partial charge < -0.3 is 9.84 Å². The molecule has 0 aliphatic rings. The fraction of sp³-hybridized carbons (Fsp3) is 0.900. The summed E-state index contributed by atoms with van der Waals surface area (Å²) in [6, 6.07) is -0.540. The fourth-order valence-electron chi connectivity index (χ4n) is 2.91. The highest BCUT2D eigenvalue weighted by atomic mass is 16.5. The predicted octanol–water partition coefficient (Wildman–Crippen LogP) is 4.68. The second-order valence-corrected chi connectivity index (χ2v) is 6.95. The van der Waals surface area contributed by atoms with Crippen molar-refractivity contribution in [3.8, 4) is 0 Å². The van der Waals surface area contributed by atoms with Crippen molar-refractivity contribution in [1.82, 2.24) is 5.32 Å². The number of nitrogens with one attached hydrogen (secondary N) is 1. The molecule has 0 aromatic heterocycles. The lowest BCUT2D eigenvalue weighted by molar-refractivity contribution is -0.151. The zero-order valence-electron chi connectivity index (χ0n) is 16.7. The number of ether oxygens (including phenoxy) is 1. The van der Waals surface area contributed by atoms with Gasteiger partial charge in [0.05, 0.1) is 6.61 Å². The summed E-state index contributed by atoms with van der Waals surface area (Å²) in [5.41, 5.74) is -1.03. The first-order chi connectivity index (χ1) is 12.0. The van der Waals surface area contributed by atoms with Crippen LogP contribution < -0.4 is 5.32 Å². The lowest BCUT2D eigenvalue weighted by Crippen LogP contribution is -2.58. The molecule has 0 aliphatic carbocycles. The van der Waals surface area contributed by atoms with Gasteiger partial charge in [0.2, 0.25) is 0 Å². The number of carbonyl (C=O) groups excluding carboxylic acids is 1. The Labute approximate surface area is 153 Å². The molecule has 0 rings (SSSR count). The van der Waals surface area contributed by atoms with Crippen LogP contribution in [-0.4, -0.2) is 35.2 Å². The third-order valence-corrected chi connectivity index (χ3v) is 4.65. The molecule has 0 aromatic rings. The second kappa shape index (κ2) is 14.1. The minimum atomic E-state index is -1.03. The molecule has 148 valence electrons. The van der Waals surface area contributed by atoms with Gasteiger partial charge >= 0.3 is 11.9 Å². The van der Waals surface area contributed by atoms with Crippen LogP contribution in [0.25, 0.3) is 0 Å². The molecule has 1 atom stereocenters. The van der Waals surface area contributed by atoms with Gasteiger partial charge in [-0.1, -0.05) is 72.6 Å². The number of hydrogen-bond donors (Lipinski definition) is 2. The molecule has 0 spiro atoms. The maximum Gasteiger partial charge on any atom is 0.323 e. The molecular weight excluding hydrogens is 318 g/mol. The highest BCUT2D eigenvalue weighted by molar-refractivity contribution is 5.81. The van der Waals surface area contributed by atoms with E-state index in [0.717, 1.165) is 51.4 Å². The SMILES string of the molecule is CCCCOC(=O)C(CCCC)NC(CCCC)(CCCC)C(=O)O. The molecule has 0 fully saturated rings. The number of aliphatic carboxylic acids is 1. The van der Waals surface area contributed by atoms with Gasteiger partial charge in [-0.25, -0.2) is 0 Å². The van der Waals surface area contributed by atoms with Crippen molar-refractivity contribution >= 4 is 11.9 Å². The Morgan fingerprint density at radius 1 is 0.920 bits per heavy atom. The zero-order valence-corrected chi connectivity index (χ0v) is 16.7. The van der Waals surface area contributed by atoms with E-state index in [1.807, 2.05) is 6.92 Å². The lowest BCUT2D eigenvalue weighted by atomic mass is 9.85. The van der Waals surface area contributed by atoms with E-state index >= 15 is 0 Å². The average Bonchev–Trinajstić information content (AvgIpc) is 2.60. The van der Waals surface area contributed by atoms with Gasteiger partial charge in [0.25, 0.3) is 0 Å². The van der Waals surface area contributed by atoms with Crippen LogP contribution in [0.5, 0.6) is 0 Å². The molecule has 0 heterocycles. The van der Waals surface area contributed by atoms with Crippen molar-refractivity contribution in [3.05, 3.63) is 0 Å². The fourth-order valence-corrected chi connectivity index (χ4v) is 2.91. The third-order valence-electron chi connectivity index (χ3n) is 4.65. The Morgan fingerprint density at radius 3 is 1.88 bits per heavy atom. The molecule has 5 nitrogen and oxygen atoms in total. The van der Waals surface area contributed by atoms with E-state index in [0.29, 0.717) is 25.9 Å². The van der Waals surface area contributed by atoms with E-state index in [9.17, 15) is 14.7 Å². The highest BCUT2D eigenvalue weighted by Crippen LogP contribution is 2.24. The molecule has 5 heteroatoms. The molecule has 0 saturated heterocycles. The Hall–Kier alpha value is -1.10. The lowest BCUT2D eigenvalue weighted by Gasteiger charge is -2.34. The molecule has 0 aliphatic heterocycles. The second-order valence-electron chi connectivity index (χ2n) is 6.95. The topological polar surface area (TPSA) is 75.6 Å². The highest BCUT2D eigenvalue weighted by Gasteiger charge is 2.40. The molecule has 2 N–H and O–H groups in total. The number of carboxylic acids is 1. The summed E-state index contributed by atoms with van der Waals surface area (Å²) in [6.07, 6.45) is 8.87. The van der Waals surface area contributed by atoms with Crippen molar-refractivity contribution in [2.45, 2.75) is 110 Å². The summed E-state index contributed by atoms with van der Waals surface area (Å²) in [4.78, 5) is 24.6. The predicted molar refractivity (Wildman–Crippen MR) is 102 cm³/mol. The zero-order chi connectivity index (χ0) is 19.1. The summed E-state index contributed by atoms with van der Waals surface area (Å²) in [6.45, 7) is 8.63. The molecule has 1 unspecified atom stereocenters. The quantitative estimate of drug-likeness (QED) is 0.310. The van der Waals surface area contributed by atoms with E-state index in [-0.39, 0.29) is 5.97 Å². The largest absolute Gasteiger partial charge is 0.480 e. The van der Waals surface area contributed by atoms with Crippen molar-refractivity contribution in [1.29, 1.82) is 0 Å². The van der Waals surface area contributed by atoms with Crippen LogP contribution in [0.15, 0.2) is 0 Å². The van der Waals surface area contributed by atoms with E-state index in [4.69, 9.17) is 4.74 Å². The average molecular weight is 358 g/mol.